The summed E-state index contributed by atoms with van der Waals surface area (Å²) in [5.41, 5.74) is 0.947. The van der Waals surface area contributed by atoms with E-state index in [0.717, 1.165) is 11.3 Å². The molecule has 62 valence electrons. The molecule has 0 saturated heterocycles. The van der Waals surface area contributed by atoms with E-state index in [-0.39, 0.29) is 5.92 Å². The third-order valence-corrected chi connectivity index (χ3v) is 1.80. The van der Waals surface area contributed by atoms with Gasteiger partial charge in [-0.3, -0.25) is 0 Å². The van der Waals surface area contributed by atoms with Crippen LogP contribution in [0, 0.1) is 11.3 Å². The number of hydrogen-bond acceptors (Lipinski definition) is 2. The lowest BCUT2D eigenvalue weighted by Crippen LogP contribution is -1.94. The quantitative estimate of drug-likeness (QED) is 0.666. The minimum atomic E-state index is -0.110. The molecule has 1 aromatic rings. The molecule has 2 nitrogen and oxygen atoms in total. The average molecular weight is 161 g/mol. The Morgan fingerprint density at radius 3 is 2.67 bits per heavy atom. The van der Waals surface area contributed by atoms with Crippen LogP contribution in [-0.2, 0) is 0 Å². The molecule has 1 atom stereocenters. The van der Waals surface area contributed by atoms with Gasteiger partial charge >= 0.3 is 0 Å². The van der Waals surface area contributed by atoms with Crippen molar-refractivity contribution < 1.29 is 4.74 Å². The lowest BCUT2D eigenvalue weighted by molar-refractivity contribution is 0.409. The molecule has 0 aliphatic heterocycles. The van der Waals surface area contributed by atoms with E-state index >= 15 is 0 Å². The highest BCUT2D eigenvalue weighted by Crippen LogP contribution is 2.24. The third kappa shape index (κ3) is 1.57. The zero-order valence-corrected chi connectivity index (χ0v) is 7.24. The molecule has 0 unspecified atom stereocenters. The SMILES string of the molecule is COc1ccccc1[C@@H](C)C#N. The molecular weight excluding hydrogens is 150 g/mol. The first kappa shape index (κ1) is 8.61. The van der Waals surface area contributed by atoms with Crippen LogP contribution in [-0.4, -0.2) is 7.11 Å². The lowest BCUT2D eigenvalue weighted by atomic mass is 10.0. The summed E-state index contributed by atoms with van der Waals surface area (Å²) < 4.78 is 5.12. The molecule has 0 amide bonds. The van der Waals surface area contributed by atoms with Crippen LogP contribution in [0.15, 0.2) is 24.3 Å². The number of ether oxygens (including phenoxy) is 1. The fraction of sp³-hybridized carbons (Fsp3) is 0.300. The number of para-hydroxylation sites is 1. The topological polar surface area (TPSA) is 33.0 Å². The van der Waals surface area contributed by atoms with Gasteiger partial charge in [0.25, 0.3) is 0 Å². The van der Waals surface area contributed by atoms with Gasteiger partial charge in [0.1, 0.15) is 5.75 Å². The van der Waals surface area contributed by atoms with Crippen LogP contribution in [0.5, 0.6) is 5.75 Å². The van der Waals surface area contributed by atoms with Crippen molar-refractivity contribution in [2.24, 2.45) is 0 Å². The molecule has 0 aromatic heterocycles. The molecule has 0 heterocycles. The van der Waals surface area contributed by atoms with E-state index in [1.54, 1.807) is 7.11 Å². The summed E-state index contributed by atoms with van der Waals surface area (Å²) >= 11 is 0. The molecule has 0 radical (unpaired) electrons. The van der Waals surface area contributed by atoms with Crippen molar-refractivity contribution in [1.82, 2.24) is 0 Å². The van der Waals surface area contributed by atoms with Gasteiger partial charge < -0.3 is 4.74 Å². The van der Waals surface area contributed by atoms with Crippen LogP contribution in [0.3, 0.4) is 0 Å². The molecule has 0 fully saturated rings. The van der Waals surface area contributed by atoms with Gasteiger partial charge in [-0.05, 0) is 13.0 Å². The highest BCUT2D eigenvalue weighted by Gasteiger charge is 2.08. The molecule has 0 aliphatic rings. The molecule has 0 saturated carbocycles. The Labute approximate surface area is 72.4 Å². The second kappa shape index (κ2) is 3.77. The highest BCUT2D eigenvalue weighted by molar-refractivity contribution is 5.38. The molecule has 12 heavy (non-hydrogen) atoms. The Morgan fingerprint density at radius 2 is 2.08 bits per heavy atom. The van der Waals surface area contributed by atoms with E-state index in [0.29, 0.717) is 0 Å². The second-order valence-electron chi connectivity index (χ2n) is 2.59. The fourth-order valence-corrected chi connectivity index (χ4v) is 1.09. The molecule has 0 N–H and O–H groups in total. The van der Waals surface area contributed by atoms with Gasteiger partial charge in [0.2, 0.25) is 0 Å². The van der Waals surface area contributed by atoms with E-state index < -0.39 is 0 Å². The smallest absolute Gasteiger partial charge is 0.123 e. The van der Waals surface area contributed by atoms with Crippen molar-refractivity contribution in [2.75, 3.05) is 7.11 Å². The maximum Gasteiger partial charge on any atom is 0.123 e. The zero-order valence-electron chi connectivity index (χ0n) is 7.24. The normalized spacial score (nSPS) is 11.8. The van der Waals surface area contributed by atoms with E-state index in [1.165, 1.54) is 0 Å². The predicted molar refractivity (Wildman–Crippen MR) is 47.0 cm³/mol. The summed E-state index contributed by atoms with van der Waals surface area (Å²) in [5, 5.41) is 8.70. The summed E-state index contributed by atoms with van der Waals surface area (Å²) in [4.78, 5) is 0. The maximum atomic E-state index is 8.70. The Kier molecular flexibility index (Phi) is 2.71. The van der Waals surface area contributed by atoms with Gasteiger partial charge in [-0.15, -0.1) is 0 Å². The summed E-state index contributed by atoms with van der Waals surface area (Å²) in [7, 11) is 1.61. The molecule has 1 rings (SSSR count). The van der Waals surface area contributed by atoms with Crippen LogP contribution in [0.4, 0.5) is 0 Å². The number of benzene rings is 1. The van der Waals surface area contributed by atoms with Gasteiger partial charge in [-0.1, -0.05) is 18.2 Å². The van der Waals surface area contributed by atoms with Crippen LogP contribution >= 0.6 is 0 Å². The summed E-state index contributed by atoms with van der Waals surface area (Å²) in [6.45, 7) is 1.86. The summed E-state index contributed by atoms with van der Waals surface area (Å²) in [6, 6.07) is 9.75. The first-order valence-corrected chi connectivity index (χ1v) is 3.82. The molecule has 0 aliphatic carbocycles. The number of hydrogen-bond donors (Lipinski definition) is 0. The maximum absolute atomic E-state index is 8.70. The highest BCUT2D eigenvalue weighted by atomic mass is 16.5. The van der Waals surface area contributed by atoms with Gasteiger partial charge in [-0.2, -0.15) is 5.26 Å². The summed E-state index contributed by atoms with van der Waals surface area (Å²) in [6.07, 6.45) is 0. The van der Waals surface area contributed by atoms with Crippen molar-refractivity contribution in [3.8, 4) is 11.8 Å². The molecular formula is C10H11NO. The van der Waals surface area contributed by atoms with Gasteiger partial charge in [0.05, 0.1) is 19.1 Å². The van der Waals surface area contributed by atoms with Crippen molar-refractivity contribution in [1.29, 1.82) is 5.26 Å². The minimum Gasteiger partial charge on any atom is -0.496 e. The summed E-state index contributed by atoms with van der Waals surface area (Å²) in [5.74, 6) is 0.674. The Hall–Kier alpha value is -1.49. The third-order valence-electron chi connectivity index (χ3n) is 1.80. The zero-order chi connectivity index (χ0) is 8.97. The van der Waals surface area contributed by atoms with Crippen LogP contribution in [0.1, 0.15) is 18.4 Å². The van der Waals surface area contributed by atoms with Gasteiger partial charge in [0.15, 0.2) is 0 Å². The first-order chi connectivity index (χ1) is 5.79. The van der Waals surface area contributed by atoms with E-state index in [4.69, 9.17) is 10.00 Å². The van der Waals surface area contributed by atoms with Crippen LogP contribution in [0.2, 0.25) is 0 Å². The van der Waals surface area contributed by atoms with Crippen LogP contribution in [0.25, 0.3) is 0 Å². The number of nitriles is 1. The van der Waals surface area contributed by atoms with Crippen molar-refractivity contribution >= 4 is 0 Å². The first-order valence-electron chi connectivity index (χ1n) is 3.82. The average Bonchev–Trinajstić information content (AvgIpc) is 2.16. The van der Waals surface area contributed by atoms with Crippen LogP contribution < -0.4 is 4.74 Å². The van der Waals surface area contributed by atoms with Gasteiger partial charge in [0, 0.05) is 5.56 Å². The molecule has 0 bridgehead atoms. The second-order valence-corrected chi connectivity index (χ2v) is 2.59. The van der Waals surface area contributed by atoms with Crippen molar-refractivity contribution in [2.45, 2.75) is 12.8 Å². The number of methoxy groups -OCH3 is 1. The van der Waals surface area contributed by atoms with Gasteiger partial charge in [-0.25, -0.2) is 0 Å². The fourth-order valence-electron chi connectivity index (χ4n) is 1.09. The Bertz CT molecular complexity index is 301. The van der Waals surface area contributed by atoms with Crippen molar-refractivity contribution in [3.63, 3.8) is 0 Å². The van der Waals surface area contributed by atoms with Crippen molar-refractivity contribution in [3.05, 3.63) is 29.8 Å². The minimum absolute atomic E-state index is 0.110. The molecule has 0 spiro atoms. The van der Waals surface area contributed by atoms with E-state index in [9.17, 15) is 0 Å². The lowest BCUT2D eigenvalue weighted by Gasteiger charge is -2.08. The van der Waals surface area contributed by atoms with E-state index in [1.807, 2.05) is 31.2 Å². The standard InChI is InChI=1S/C10H11NO/c1-8(7-11)9-5-3-4-6-10(9)12-2/h3-6,8H,1-2H3/t8-/m0/s1. The number of nitrogens with zero attached hydrogens (tertiary/aromatic N) is 1. The largest absolute Gasteiger partial charge is 0.496 e. The molecule has 1 aromatic carbocycles. The monoisotopic (exact) mass is 161 g/mol. The Balaban J connectivity index is 3.06. The number of rotatable bonds is 2. The molecule has 2 heteroatoms. The van der Waals surface area contributed by atoms with E-state index in [2.05, 4.69) is 6.07 Å². The predicted octanol–water partition coefficient (Wildman–Crippen LogP) is 2.32. The Morgan fingerprint density at radius 1 is 1.42 bits per heavy atom.